The van der Waals surface area contributed by atoms with E-state index in [2.05, 4.69) is 20.8 Å². The molecule has 0 radical (unpaired) electrons. The first-order chi connectivity index (χ1) is 20.3. The Labute approximate surface area is 242 Å². The normalized spacial score (nSPS) is 20.4. The molecular formula is C33H32F3N3O3. The minimum Gasteiger partial charge on any atom is -0.477 e. The lowest BCUT2D eigenvalue weighted by atomic mass is 9.93. The van der Waals surface area contributed by atoms with Crippen LogP contribution in [-0.2, 0) is 0 Å². The SMILES string of the molecule is C#Cc1c(F)ccc2cccc(-c3c(F)cc4c(OCC(C)C)nc(OC[C@@]56CCCN5[C@H](CO)CC6)nc4c3F)c12. The number of aliphatic hydroxyl groups is 1. The highest BCUT2D eigenvalue weighted by molar-refractivity contribution is 6.02. The van der Waals surface area contributed by atoms with Crippen LogP contribution in [-0.4, -0.2) is 57.9 Å². The molecule has 2 atom stereocenters. The fourth-order valence-electron chi connectivity index (χ4n) is 6.52. The maximum absolute atomic E-state index is 16.5. The molecule has 0 unspecified atom stereocenters. The summed E-state index contributed by atoms with van der Waals surface area (Å²) in [6.45, 7) is 5.39. The van der Waals surface area contributed by atoms with E-state index in [9.17, 15) is 9.50 Å². The van der Waals surface area contributed by atoms with E-state index in [1.807, 2.05) is 13.8 Å². The summed E-state index contributed by atoms with van der Waals surface area (Å²) in [5.74, 6) is -0.0131. The molecule has 2 saturated heterocycles. The van der Waals surface area contributed by atoms with Crippen LogP contribution in [0.5, 0.6) is 11.9 Å². The van der Waals surface area contributed by atoms with E-state index in [0.717, 1.165) is 38.3 Å². The van der Waals surface area contributed by atoms with Gasteiger partial charge in [0.05, 0.1) is 35.3 Å². The van der Waals surface area contributed by atoms with Crippen molar-refractivity contribution in [1.29, 1.82) is 0 Å². The third-order valence-electron chi connectivity index (χ3n) is 8.50. The lowest BCUT2D eigenvalue weighted by molar-refractivity contribution is 0.0641. The van der Waals surface area contributed by atoms with Crippen molar-refractivity contribution in [2.75, 3.05) is 26.4 Å². The van der Waals surface area contributed by atoms with Crippen LogP contribution < -0.4 is 9.47 Å². The molecule has 2 aliphatic heterocycles. The number of ether oxygens (including phenoxy) is 2. The zero-order chi connectivity index (χ0) is 29.6. The molecule has 2 aliphatic rings. The molecule has 0 amide bonds. The average molecular weight is 576 g/mol. The van der Waals surface area contributed by atoms with Gasteiger partial charge in [0.2, 0.25) is 5.88 Å². The van der Waals surface area contributed by atoms with Gasteiger partial charge in [0, 0.05) is 11.4 Å². The van der Waals surface area contributed by atoms with Gasteiger partial charge in [-0.3, -0.25) is 4.90 Å². The standard InChI is InChI=1S/C33H32F3N3O3/c1-4-22-25(34)10-9-20-7-5-8-23(27(20)22)28-26(35)15-24-30(29(28)36)37-32(38-31(24)41-17-19(2)3)42-18-33-12-6-14-39(33)21(16-40)11-13-33/h1,5,7-10,15,19,21,40H,6,11-14,16-18H2,2-3H3/t21-,33-/m0/s1. The molecule has 0 spiro atoms. The number of aromatic nitrogens is 2. The lowest BCUT2D eigenvalue weighted by Gasteiger charge is -2.34. The topological polar surface area (TPSA) is 67.7 Å². The molecule has 0 saturated carbocycles. The van der Waals surface area contributed by atoms with E-state index in [-0.39, 0.29) is 82.2 Å². The summed E-state index contributed by atoms with van der Waals surface area (Å²) in [6.07, 6.45) is 9.24. The smallest absolute Gasteiger partial charge is 0.320 e. The number of fused-ring (bicyclic) bond motifs is 3. The summed E-state index contributed by atoms with van der Waals surface area (Å²) in [5, 5.41) is 10.7. The maximum Gasteiger partial charge on any atom is 0.320 e. The second-order valence-electron chi connectivity index (χ2n) is 11.6. The predicted molar refractivity (Wildman–Crippen MR) is 155 cm³/mol. The van der Waals surface area contributed by atoms with E-state index in [1.165, 1.54) is 18.2 Å². The zero-order valence-electron chi connectivity index (χ0n) is 23.6. The highest BCUT2D eigenvalue weighted by Crippen LogP contribution is 2.43. The largest absolute Gasteiger partial charge is 0.477 e. The molecular weight excluding hydrogens is 543 g/mol. The fourth-order valence-corrected chi connectivity index (χ4v) is 6.52. The predicted octanol–water partition coefficient (Wildman–Crippen LogP) is 6.25. The third-order valence-corrected chi connectivity index (χ3v) is 8.50. The van der Waals surface area contributed by atoms with E-state index >= 15 is 8.78 Å². The van der Waals surface area contributed by atoms with Crippen LogP contribution in [0.15, 0.2) is 36.4 Å². The summed E-state index contributed by atoms with van der Waals surface area (Å²) in [5.41, 5.74) is -0.768. The molecule has 42 heavy (non-hydrogen) atoms. The Morgan fingerprint density at radius 3 is 2.71 bits per heavy atom. The number of aliphatic hydroxyl groups excluding tert-OH is 1. The van der Waals surface area contributed by atoms with Crippen molar-refractivity contribution in [3.05, 3.63) is 59.4 Å². The summed E-state index contributed by atoms with van der Waals surface area (Å²) in [6, 6.07) is 8.75. The van der Waals surface area contributed by atoms with Crippen molar-refractivity contribution >= 4 is 21.7 Å². The number of nitrogens with zero attached hydrogens (tertiary/aromatic N) is 3. The van der Waals surface area contributed by atoms with Gasteiger partial charge in [-0.2, -0.15) is 9.97 Å². The minimum absolute atomic E-state index is 0.0155. The van der Waals surface area contributed by atoms with Gasteiger partial charge in [-0.15, -0.1) is 6.42 Å². The van der Waals surface area contributed by atoms with E-state index < -0.39 is 17.5 Å². The number of halogens is 3. The van der Waals surface area contributed by atoms with Gasteiger partial charge in [0.1, 0.15) is 23.8 Å². The Hall–Kier alpha value is -3.87. The molecule has 9 heteroatoms. The first-order valence-electron chi connectivity index (χ1n) is 14.3. The van der Waals surface area contributed by atoms with Gasteiger partial charge in [-0.05, 0) is 61.2 Å². The van der Waals surface area contributed by atoms with Crippen molar-refractivity contribution in [2.45, 2.75) is 51.1 Å². The highest BCUT2D eigenvalue weighted by atomic mass is 19.1. The van der Waals surface area contributed by atoms with Crippen molar-refractivity contribution in [3.63, 3.8) is 0 Å². The van der Waals surface area contributed by atoms with Crippen LogP contribution in [0.2, 0.25) is 0 Å². The van der Waals surface area contributed by atoms with Gasteiger partial charge in [-0.1, -0.05) is 44.0 Å². The van der Waals surface area contributed by atoms with E-state index in [4.69, 9.17) is 15.9 Å². The molecule has 2 fully saturated rings. The number of hydrogen-bond acceptors (Lipinski definition) is 6. The van der Waals surface area contributed by atoms with Gasteiger partial charge in [-0.25, -0.2) is 13.2 Å². The molecule has 6 rings (SSSR count). The summed E-state index contributed by atoms with van der Waals surface area (Å²) >= 11 is 0. The molecule has 218 valence electrons. The first-order valence-corrected chi connectivity index (χ1v) is 14.3. The number of hydrogen-bond donors (Lipinski definition) is 1. The second-order valence-corrected chi connectivity index (χ2v) is 11.6. The Balaban J connectivity index is 1.48. The van der Waals surface area contributed by atoms with Crippen molar-refractivity contribution in [2.24, 2.45) is 5.92 Å². The second kappa shape index (κ2) is 11.1. The number of benzene rings is 3. The monoisotopic (exact) mass is 575 g/mol. The third kappa shape index (κ3) is 4.73. The van der Waals surface area contributed by atoms with E-state index in [0.29, 0.717) is 5.39 Å². The number of terminal acetylenes is 1. The summed E-state index contributed by atoms with van der Waals surface area (Å²) < 4.78 is 59.0. The Kier molecular flexibility index (Phi) is 7.46. The van der Waals surface area contributed by atoms with Crippen LogP contribution in [0.25, 0.3) is 32.8 Å². The van der Waals surface area contributed by atoms with Crippen molar-refractivity contribution in [3.8, 4) is 35.4 Å². The zero-order valence-corrected chi connectivity index (χ0v) is 23.6. The molecule has 0 aliphatic carbocycles. The number of rotatable bonds is 8. The van der Waals surface area contributed by atoms with Crippen LogP contribution in [0.1, 0.15) is 45.1 Å². The summed E-state index contributed by atoms with van der Waals surface area (Å²) in [4.78, 5) is 11.1. The average Bonchev–Trinajstić information content (AvgIpc) is 3.54. The van der Waals surface area contributed by atoms with Gasteiger partial charge in [0.25, 0.3) is 0 Å². The van der Waals surface area contributed by atoms with Gasteiger partial charge < -0.3 is 14.6 Å². The van der Waals surface area contributed by atoms with Crippen LogP contribution in [0.3, 0.4) is 0 Å². The van der Waals surface area contributed by atoms with Crippen LogP contribution in [0.4, 0.5) is 13.2 Å². The lowest BCUT2D eigenvalue weighted by Crippen LogP contribution is -2.47. The quantitative estimate of drug-likeness (QED) is 0.251. The van der Waals surface area contributed by atoms with Crippen LogP contribution in [0, 0.1) is 35.7 Å². The molecule has 6 nitrogen and oxygen atoms in total. The Morgan fingerprint density at radius 2 is 1.95 bits per heavy atom. The van der Waals surface area contributed by atoms with E-state index in [1.54, 1.807) is 12.1 Å². The maximum atomic E-state index is 16.5. The highest BCUT2D eigenvalue weighted by Gasteiger charge is 2.49. The first kappa shape index (κ1) is 28.3. The van der Waals surface area contributed by atoms with Crippen molar-refractivity contribution < 1.29 is 27.8 Å². The Bertz CT molecular complexity index is 1720. The molecule has 0 bridgehead atoms. The molecule has 3 aromatic carbocycles. The minimum atomic E-state index is -0.951. The summed E-state index contributed by atoms with van der Waals surface area (Å²) in [7, 11) is 0. The molecule has 1 aromatic heterocycles. The Morgan fingerprint density at radius 1 is 1.12 bits per heavy atom. The molecule has 3 heterocycles. The van der Waals surface area contributed by atoms with Crippen molar-refractivity contribution in [1.82, 2.24) is 14.9 Å². The van der Waals surface area contributed by atoms with Gasteiger partial charge in [0.15, 0.2) is 5.82 Å². The fraction of sp³-hybridized carbons (Fsp3) is 0.394. The molecule has 1 N–H and O–H groups in total. The van der Waals surface area contributed by atoms with Gasteiger partial charge >= 0.3 is 6.01 Å². The van der Waals surface area contributed by atoms with Crippen LogP contribution >= 0.6 is 0 Å². The molecule has 4 aromatic rings.